The number of nitriles is 1. The first kappa shape index (κ1) is 18.2. The molecule has 1 saturated carbocycles. The smallest absolute Gasteiger partial charge is 0.230 e. The number of aryl methyl sites for hydroxylation is 1. The van der Waals surface area contributed by atoms with E-state index in [0.29, 0.717) is 12.1 Å². The Balaban J connectivity index is 1.54. The van der Waals surface area contributed by atoms with Crippen LogP contribution >= 0.6 is 0 Å². The summed E-state index contributed by atoms with van der Waals surface area (Å²) in [6, 6.07) is 6.22. The molecule has 27 heavy (non-hydrogen) atoms. The summed E-state index contributed by atoms with van der Waals surface area (Å²) in [6.45, 7) is 4.25. The van der Waals surface area contributed by atoms with E-state index < -0.39 is 0 Å². The number of rotatable bonds is 2. The van der Waals surface area contributed by atoms with Gasteiger partial charge in [-0.25, -0.2) is 4.98 Å². The molecular formula is C21H28N4O2. The Morgan fingerprint density at radius 2 is 2.00 bits per heavy atom. The Hall–Kier alpha value is -2.13. The second-order valence-electron chi connectivity index (χ2n) is 8.45. The molecule has 3 heterocycles. The van der Waals surface area contributed by atoms with Gasteiger partial charge in [0.25, 0.3) is 0 Å². The normalized spacial score (nSPS) is 31.4. The second kappa shape index (κ2) is 7.12. The predicted molar refractivity (Wildman–Crippen MR) is 102 cm³/mol. The monoisotopic (exact) mass is 368 g/mol. The van der Waals surface area contributed by atoms with Crippen LogP contribution in [-0.2, 0) is 4.79 Å². The molecule has 0 radical (unpaired) electrons. The summed E-state index contributed by atoms with van der Waals surface area (Å²) < 4.78 is 0. The number of nitrogens with zero attached hydrogens (tertiary/aromatic N) is 4. The zero-order valence-corrected chi connectivity index (χ0v) is 16.0. The Bertz CT molecular complexity index is 766. The van der Waals surface area contributed by atoms with E-state index in [9.17, 15) is 15.2 Å². The number of carbonyl (C=O) groups excluding carboxylic acids is 1. The number of amides is 1. The minimum absolute atomic E-state index is 0.199. The maximum atomic E-state index is 13.4. The molecule has 1 aromatic rings. The molecular weight excluding hydrogens is 340 g/mol. The summed E-state index contributed by atoms with van der Waals surface area (Å²) in [4.78, 5) is 22.3. The lowest BCUT2D eigenvalue weighted by atomic mass is 9.78. The molecule has 6 nitrogen and oxygen atoms in total. The molecule has 1 N–H and O–H groups in total. The van der Waals surface area contributed by atoms with E-state index in [1.54, 1.807) is 0 Å². The third-order valence-electron chi connectivity index (χ3n) is 6.66. The molecule has 1 atom stereocenters. The van der Waals surface area contributed by atoms with Crippen molar-refractivity contribution in [3.8, 4) is 6.07 Å². The van der Waals surface area contributed by atoms with Gasteiger partial charge in [0.05, 0.1) is 17.1 Å². The van der Waals surface area contributed by atoms with Crippen molar-refractivity contribution in [3.63, 3.8) is 0 Å². The molecule has 1 spiro atoms. The average Bonchev–Trinajstić information content (AvgIpc) is 2.98. The number of aliphatic hydroxyl groups is 1. The molecule has 2 aliphatic heterocycles. The van der Waals surface area contributed by atoms with E-state index in [1.807, 2.05) is 19.1 Å². The van der Waals surface area contributed by atoms with E-state index in [2.05, 4.69) is 20.9 Å². The largest absolute Gasteiger partial charge is 0.393 e. The Labute approximate surface area is 160 Å². The molecule has 3 fully saturated rings. The van der Waals surface area contributed by atoms with Crippen molar-refractivity contribution in [1.29, 1.82) is 5.26 Å². The van der Waals surface area contributed by atoms with Gasteiger partial charge in [-0.05, 0) is 64.0 Å². The van der Waals surface area contributed by atoms with Crippen LogP contribution in [0.25, 0.3) is 0 Å². The van der Waals surface area contributed by atoms with Crippen LogP contribution in [0.5, 0.6) is 0 Å². The number of hydrogen-bond donors (Lipinski definition) is 1. The van der Waals surface area contributed by atoms with Gasteiger partial charge in [-0.15, -0.1) is 0 Å². The van der Waals surface area contributed by atoms with Crippen LogP contribution in [-0.4, -0.2) is 52.7 Å². The highest BCUT2D eigenvalue weighted by molar-refractivity contribution is 5.86. The van der Waals surface area contributed by atoms with Gasteiger partial charge in [0, 0.05) is 31.4 Å². The van der Waals surface area contributed by atoms with Crippen LogP contribution in [0.1, 0.15) is 56.2 Å². The van der Waals surface area contributed by atoms with Crippen molar-refractivity contribution in [3.05, 3.63) is 23.4 Å². The minimum atomic E-state index is -0.341. The predicted octanol–water partition coefficient (Wildman–Crippen LogP) is 2.38. The molecule has 144 valence electrons. The van der Waals surface area contributed by atoms with Gasteiger partial charge in [-0.1, -0.05) is 0 Å². The highest BCUT2D eigenvalue weighted by Gasteiger charge is 2.51. The first-order valence-corrected chi connectivity index (χ1v) is 10.1. The van der Waals surface area contributed by atoms with Crippen molar-refractivity contribution < 1.29 is 9.90 Å². The number of piperidine rings is 1. The van der Waals surface area contributed by atoms with E-state index in [0.717, 1.165) is 69.5 Å². The lowest BCUT2D eigenvalue weighted by Gasteiger charge is -2.41. The minimum Gasteiger partial charge on any atom is -0.393 e. The van der Waals surface area contributed by atoms with Crippen molar-refractivity contribution in [2.24, 2.45) is 5.41 Å². The van der Waals surface area contributed by atoms with Gasteiger partial charge in [0.1, 0.15) is 11.9 Å². The third kappa shape index (κ3) is 3.29. The molecule has 0 unspecified atom stereocenters. The zero-order chi connectivity index (χ0) is 19.0. The SMILES string of the molecule is Cc1ccc(C#N)c(N2CCC[C@@]3(CCN(C4CCC(O)CC4)C3=O)C2)n1. The number of likely N-dealkylation sites (tertiary alicyclic amines) is 1. The summed E-state index contributed by atoms with van der Waals surface area (Å²) in [5.41, 5.74) is 1.14. The molecule has 1 aromatic heterocycles. The van der Waals surface area contributed by atoms with Crippen LogP contribution in [0.2, 0.25) is 0 Å². The van der Waals surface area contributed by atoms with Gasteiger partial charge in [0.2, 0.25) is 5.91 Å². The van der Waals surface area contributed by atoms with E-state index in [-0.39, 0.29) is 23.5 Å². The molecule has 2 saturated heterocycles. The van der Waals surface area contributed by atoms with Crippen LogP contribution in [0.3, 0.4) is 0 Å². The topological polar surface area (TPSA) is 80.5 Å². The van der Waals surface area contributed by atoms with E-state index in [4.69, 9.17) is 0 Å². The van der Waals surface area contributed by atoms with Gasteiger partial charge in [-0.2, -0.15) is 5.26 Å². The highest BCUT2D eigenvalue weighted by Crippen LogP contribution is 2.43. The molecule has 4 rings (SSSR count). The fraction of sp³-hybridized carbons (Fsp3) is 0.667. The van der Waals surface area contributed by atoms with Gasteiger partial charge >= 0.3 is 0 Å². The molecule has 0 aromatic carbocycles. The molecule has 6 heteroatoms. The van der Waals surface area contributed by atoms with E-state index in [1.165, 1.54) is 0 Å². The van der Waals surface area contributed by atoms with Crippen molar-refractivity contribution >= 4 is 11.7 Å². The number of anilines is 1. The zero-order valence-electron chi connectivity index (χ0n) is 16.0. The van der Waals surface area contributed by atoms with Crippen LogP contribution < -0.4 is 4.90 Å². The number of hydrogen-bond acceptors (Lipinski definition) is 5. The van der Waals surface area contributed by atoms with Gasteiger partial charge in [-0.3, -0.25) is 4.79 Å². The number of aliphatic hydroxyl groups excluding tert-OH is 1. The summed E-state index contributed by atoms with van der Waals surface area (Å²) in [7, 11) is 0. The number of pyridine rings is 1. The molecule has 1 aliphatic carbocycles. The second-order valence-corrected chi connectivity index (χ2v) is 8.45. The molecule has 0 bridgehead atoms. The summed E-state index contributed by atoms with van der Waals surface area (Å²) in [5, 5.41) is 19.2. The average molecular weight is 368 g/mol. The Morgan fingerprint density at radius 3 is 2.74 bits per heavy atom. The van der Waals surface area contributed by atoms with Crippen molar-refractivity contribution in [2.75, 3.05) is 24.5 Å². The molecule has 3 aliphatic rings. The quantitative estimate of drug-likeness (QED) is 0.867. The van der Waals surface area contributed by atoms with Crippen molar-refractivity contribution in [1.82, 2.24) is 9.88 Å². The maximum absolute atomic E-state index is 13.4. The fourth-order valence-corrected chi connectivity index (χ4v) is 5.13. The Morgan fingerprint density at radius 1 is 1.22 bits per heavy atom. The number of carbonyl (C=O) groups is 1. The lowest BCUT2D eigenvalue weighted by molar-refractivity contribution is -0.139. The van der Waals surface area contributed by atoms with Crippen LogP contribution in [0.4, 0.5) is 5.82 Å². The summed E-state index contributed by atoms with van der Waals surface area (Å²) >= 11 is 0. The van der Waals surface area contributed by atoms with Gasteiger partial charge < -0.3 is 14.9 Å². The summed E-state index contributed by atoms with van der Waals surface area (Å²) in [6.07, 6.45) is 5.96. The Kier molecular flexibility index (Phi) is 4.81. The highest BCUT2D eigenvalue weighted by atomic mass is 16.3. The molecule has 1 amide bonds. The lowest BCUT2D eigenvalue weighted by Crippen LogP contribution is -2.50. The first-order valence-electron chi connectivity index (χ1n) is 10.1. The van der Waals surface area contributed by atoms with Crippen LogP contribution in [0, 0.1) is 23.7 Å². The summed E-state index contributed by atoms with van der Waals surface area (Å²) in [5.74, 6) is 1.00. The number of aromatic nitrogens is 1. The maximum Gasteiger partial charge on any atom is 0.230 e. The fourth-order valence-electron chi connectivity index (χ4n) is 5.13. The van der Waals surface area contributed by atoms with Crippen molar-refractivity contribution in [2.45, 2.75) is 64.0 Å². The standard InChI is InChI=1S/C21H28N4O2/c1-15-3-4-16(13-22)19(23-15)24-11-2-9-21(14-24)10-12-25(20(21)27)17-5-7-18(26)8-6-17/h3-4,17-18,26H,2,5-12,14H2,1H3/t17?,18?,21-/m1/s1. The van der Waals surface area contributed by atoms with Gasteiger partial charge in [0.15, 0.2) is 0 Å². The third-order valence-corrected chi connectivity index (χ3v) is 6.66. The van der Waals surface area contributed by atoms with Crippen LogP contribution in [0.15, 0.2) is 12.1 Å². The van der Waals surface area contributed by atoms with E-state index >= 15 is 0 Å². The first-order chi connectivity index (χ1) is 13.0.